The van der Waals surface area contributed by atoms with Crippen LogP contribution in [0.5, 0.6) is 23.0 Å². The highest BCUT2D eigenvalue weighted by atomic mass is 32.5. The molecule has 2 N–H and O–H groups in total. The van der Waals surface area contributed by atoms with Crippen LogP contribution in [0.25, 0.3) is 0 Å². The average molecular weight is 604 g/mol. The molecular weight excluding hydrogens is 580 g/mol. The summed E-state index contributed by atoms with van der Waals surface area (Å²) in [5, 5.41) is 10.4. The van der Waals surface area contributed by atoms with Gasteiger partial charge in [-0.25, -0.2) is 18.0 Å². The molecule has 1 aliphatic heterocycles. The number of halogens is 3. The molecular formula is C24H24F3N2O9PS. The molecule has 0 unspecified atom stereocenters. The highest BCUT2D eigenvalue weighted by molar-refractivity contribution is 8.07. The molecule has 0 bridgehead atoms. The molecule has 4 rings (SSSR count). The Hall–Kier alpha value is -3.36. The minimum absolute atomic E-state index is 0.130. The number of methoxy groups -OCH3 is 2. The molecule has 2 heterocycles. The number of nitrogens with one attached hydrogen (secondary N) is 1. The maximum absolute atomic E-state index is 15.4. The Morgan fingerprint density at radius 2 is 1.50 bits per heavy atom. The third-order valence-corrected chi connectivity index (χ3v) is 7.97. The van der Waals surface area contributed by atoms with Crippen LogP contribution in [0, 0.1) is 0 Å². The van der Waals surface area contributed by atoms with E-state index >= 15 is 4.39 Å². The summed E-state index contributed by atoms with van der Waals surface area (Å²) in [6.07, 6.45) is -9.58. The molecule has 0 radical (unpaired) electrons. The number of aromatic nitrogens is 2. The summed E-state index contributed by atoms with van der Waals surface area (Å²) < 4.78 is 77.4. The first-order valence-electron chi connectivity index (χ1n) is 11.5. The van der Waals surface area contributed by atoms with Crippen molar-refractivity contribution in [3.63, 3.8) is 0 Å². The molecule has 1 aliphatic rings. The van der Waals surface area contributed by atoms with Gasteiger partial charge in [-0.1, -0.05) is 0 Å². The van der Waals surface area contributed by atoms with Crippen LogP contribution in [0.15, 0.2) is 70.4 Å². The van der Waals surface area contributed by atoms with Crippen LogP contribution in [0.2, 0.25) is 0 Å². The molecule has 11 nitrogen and oxygen atoms in total. The zero-order valence-electron chi connectivity index (χ0n) is 20.9. The van der Waals surface area contributed by atoms with Crippen LogP contribution >= 0.6 is 6.72 Å². The maximum Gasteiger partial charge on any atom is 0.435 e. The second-order valence-electron chi connectivity index (χ2n) is 8.43. The van der Waals surface area contributed by atoms with Gasteiger partial charge in [0, 0.05) is 24.1 Å². The van der Waals surface area contributed by atoms with Crippen LogP contribution in [-0.4, -0.2) is 59.8 Å². The number of aliphatic hydroxyl groups is 1. The lowest BCUT2D eigenvalue weighted by Crippen LogP contribution is -2.50. The van der Waals surface area contributed by atoms with Crippen LogP contribution in [-0.2, 0) is 21.1 Å². The minimum atomic E-state index is -4.03. The third kappa shape index (κ3) is 6.18. The van der Waals surface area contributed by atoms with Crippen LogP contribution in [0.1, 0.15) is 6.23 Å². The van der Waals surface area contributed by atoms with E-state index in [4.69, 9.17) is 39.6 Å². The molecule has 0 aliphatic carbocycles. The van der Waals surface area contributed by atoms with E-state index in [1.807, 2.05) is 4.98 Å². The van der Waals surface area contributed by atoms with Crippen molar-refractivity contribution in [2.45, 2.75) is 30.5 Å². The van der Waals surface area contributed by atoms with Gasteiger partial charge in [-0.05, 0) is 48.5 Å². The monoisotopic (exact) mass is 604 g/mol. The Labute approximate surface area is 230 Å². The standard InChI is InChI=1S/C24H24F3N2O9PS/c1-33-14-3-7-16(8-4-14)37-39(40,38-17-9-5-15(34-2)6-10-17)35-13-24(22(26)27)20(25)19(31)21(36-24)29-12-11-18(30)28-23(29)32/h3-12,19-22,31H,13H2,1-2H3,(H,28,30,32)/t19-,20+,21-,24-/m1/s1. The van der Waals surface area contributed by atoms with E-state index in [1.54, 1.807) is 24.3 Å². The molecule has 3 aromatic rings. The predicted octanol–water partition coefficient (Wildman–Crippen LogP) is 3.18. The van der Waals surface area contributed by atoms with E-state index in [0.717, 1.165) is 12.3 Å². The first-order valence-corrected chi connectivity index (χ1v) is 14.1. The number of ether oxygens (including phenoxy) is 3. The first-order chi connectivity index (χ1) is 19.0. The number of H-pyrrole nitrogens is 1. The molecule has 1 fully saturated rings. The molecule has 1 aromatic heterocycles. The largest absolute Gasteiger partial charge is 0.497 e. The minimum Gasteiger partial charge on any atom is -0.497 e. The summed E-state index contributed by atoms with van der Waals surface area (Å²) in [5.41, 5.74) is -4.98. The van der Waals surface area contributed by atoms with E-state index in [9.17, 15) is 23.5 Å². The van der Waals surface area contributed by atoms with Gasteiger partial charge in [-0.3, -0.25) is 18.9 Å². The van der Waals surface area contributed by atoms with Gasteiger partial charge in [-0.15, -0.1) is 0 Å². The number of rotatable bonds is 11. The molecule has 0 spiro atoms. The summed E-state index contributed by atoms with van der Waals surface area (Å²) in [7, 11) is 2.91. The number of hydrogen-bond donors (Lipinski definition) is 2. The zero-order chi connectivity index (χ0) is 29.1. The number of hydrogen-bond acceptors (Lipinski definition) is 10. The van der Waals surface area contributed by atoms with E-state index in [0.29, 0.717) is 16.1 Å². The van der Waals surface area contributed by atoms with Crippen molar-refractivity contribution in [2.24, 2.45) is 0 Å². The summed E-state index contributed by atoms with van der Waals surface area (Å²) in [4.78, 5) is 25.5. The lowest BCUT2D eigenvalue weighted by molar-refractivity contribution is -0.183. The number of aromatic amines is 1. The van der Waals surface area contributed by atoms with E-state index < -0.39 is 55.1 Å². The number of benzene rings is 2. The highest BCUT2D eigenvalue weighted by Crippen LogP contribution is 2.53. The van der Waals surface area contributed by atoms with Crippen molar-refractivity contribution in [1.82, 2.24) is 9.55 Å². The van der Waals surface area contributed by atoms with E-state index in [2.05, 4.69) is 0 Å². The Balaban J connectivity index is 1.64. The van der Waals surface area contributed by atoms with Crippen LogP contribution < -0.4 is 29.8 Å². The first kappa shape index (κ1) is 29.6. The highest BCUT2D eigenvalue weighted by Gasteiger charge is 2.62. The van der Waals surface area contributed by atoms with Crippen molar-refractivity contribution in [1.29, 1.82) is 0 Å². The fraction of sp³-hybridized carbons (Fsp3) is 0.333. The van der Waals surface area contributed by atoms with E-state index in [1.165, 1.54) is 38.5 Å². The Morgan fingerprint density at radius 3 is 1.95 bits per heavy atom. The fourth-order valence-corrected chi connectivity index (χ4v) is 5.71. The Bertz CT molecular complexity index is 1420. The fourth-order valence-electron chi connectivity index (χ4n) is 3.77. The summed E-state index contributed by atoms with van der Waals surface area (Å²) >= 11 is 5.49. The van der Waals surface area contributed by atoms with Crippen LogP contribution in [0.4, 0.5) is 13.2 Å². The molecule has 40 heavy (non-hydrogen) atoms. The molecule has 4 atom stereocenters. The normalized spacial score (nSPS) is 22.7. The number of nitrogens with zero attached hydrogens (tertiary/aromatic N) is 1. The average Bonchev–Trinajstić information content (AvgIpc) is 3.19. The van der Waals surface area contributed by atoms with Crippen LogP contribution in [0.3, 0.4) is 0 Å². The number of alkyl halides is 3. The third-order valence-electron chi connectivity index (χ3n) is 5.90. The van der Waals surface area contributed by atoms with Gasteiger partial charge in [0.2, 0.25) is 0 Å². The summed E-state index contributed by atoms with van der Waals surface area (Å²) in [6.45, 7) is -5.26. The van der Waals surface area contributed by atoms with Crippen molar-refractivity contribution >= 4 is 18.5 Å². The van der Waals surface area contributed by atoms with Gasteiger partial charge >= 0.3 is 12.4 Å². The molecule has 1 saturated heterocycles. The number of aliphatic hydroxyl groups excluding tert-OH is 1. The lowest BCUT2D eigenvalue weighted by Gasteiger charge is -2.32. The van der Waals surface area contributed by atoms with Crippen molar-refractivity contribution < 1.29 is 46.1 Å². The van der Waals surface area contributed by atoms with Crippen molar-refractivity contribution in [2.75, 3.05) is 20.8 Å². The molecule has 16 heteroatoms. The van der Waals surface area contributed by atoms with Gasteiger partial charge in [0.25, 0.3) is 12.0 Å². The zero-order valence-corrected chi connectivity index (χ0v) is 22.7. The topological polar surface area (TPSA) is 130 Å². The van der Waals surface area contributed by atoms with Gasteiger partial charge < -0.3 is 28.4 Å². The summed E-state index contributed by atoms with van der Waals surface area (Å²) in [6, 6.07) is 12.9. The Morgan fingerprint density at radius 1 is 1.00 bits per heavy atom. The molecule has 216 valence electrons. The second kappa shape index (κ2) is 12.0. The van der Waals surface area contributed by atoms with Gasteiger partial charge in [0.05, 0.1) is 20.8 Å². The van der Waals surface area contributed by atoms with Crippen molar-refractivity contribution in [3.8, 4) is 23.0 Å². The van der Waals surface area contributed by atoms with Crippen molar-refractivity contribution in [3.05, 3.63) is 81.6 Å². The molecule has 0 saturated carbocycles. The Kier molecular flexibility index (Phi) is 8.90. The predicted molar refractivity (Wildman–Crippen MR) is 139 cm³/mol. The SMILES string of the molecule is COc1ccc(OP(=S)(OC[C@@]2(C(F)F)O[C@@H](n3ccc(=O)[nH]c3=O)[C@H](O)[C@@H]2F)Oc2ccc(OC)cc2)cc1. The quantitative estimate of drug-likeness (QED) is 0.315. The lowest BCUT2D eigenvalue weighted by atomic mass is 9.98. The maximum atomic E-state index is 15.4. The molecule has 0 amide bonds. The smallest absolute Gasteiger partial charge is 0.435 e. The molecule has 2 aromatic carbocycles. The summed E-state index contributed by atoms with van der Waals surface area (Å²) in [5.74, 6) is 1.24. The van der Waals surface area contributed by atoms with Gasteiger partial charge in [0.1, 0.15) is 29.1 Å². The van der Waals surface area contributed by atoms with Gasteiger partial charge in [0.15, 0.2) is 18.0 Å². The van der Waals surface area contributed by atoms with Gasteiger partial charge in [-0.2, -0.15) is 0 Å². The second-order valence-corrected chi connectivity index (χ2v) is 11.3. The van der Waals surface area contributed by atoms with E-state index in [-0.39, 0.29) is 11.5 Å².